The van der Waals surface area contributed by atoms with Crippen molar-refractivity contribution in [3.8, 4) is 11.5 Å². The third-order valence-corrected chi connectivity index (χ3v) is 4.27. The molecule has 0 radical (unpaired) electrons. The minimum atomic E-state index is -0.296. The van der Waals surface area contributed by atoms with E-state index in [4.69, 9.17) is 17.0 Å². The highest BCUT2D eigenvalue weighted by atomic mass is 32.1. The summed E-state index contributed by atoms with van der Waals surface area (Å²) < 4.78 is 5.07. The smallest absolute Gasteiger partial charge is 0.323 e. The van der Waals surface area contributed by atoms with E-state index in [0.717, 1.165) is 5.56 Å². The molecule has 2 aliphatic heterocycles. The molecule has 2 saturated heterocycles. The number of carbonyl (C=O) groups excluding carboxylic acids is 1. The number of nitrogens with one attached hydrogen (secondary N) is 1. The summed E-state index contributed by atoms with van der Waals surface area (Å²) in [6, 6.07) is 4.81. The first kappa shape index (κ1) is 15.3. The second kappa shape index (κ2) is 5.58. The number of phenols is 1. The molecule has 2 heterocycles. The van der Waals surface area contributed by atoms with Gasteiger partial charge < -0.3 is 25.0 Å². The number of fused-ring (bicyclic) bond motifs is 1. The van der Waals surface area contributed by atoms with Crippen molar-refractivity contribution in [3.63, 3.8) is 0 Å². The maximum absolute atomic E-state index is 12.0. The lowest BCUT2D eigenvalue weighted by Gasteiger charge is -2.23. The molecule has 122 valence electrons. The van der Waals surface area contributed by atoms with Crippen LogP contribution in [0.4, 0.5) is 4.79 Å². The van der Waals surface area contributed by atoms with Crippen LogP contribution in [0.1, 0.15) is 5.56 Å². The van der Waals surface area contributed by atoms with Crippen molar-refractivity contribution in [3.05, 3.63) is 23.8 Å². The van der Waals surface area contributed by atoms with Gasteiger partial charge in [-0.15, -0.1) is 0 Å². The Morgan fingerprint density at radius 2 is 2.13 bits per heavy atom. The van der Waals surface area contributed by atoms with Crippen molar-refractivity contribution >= 4 is 29.6 Å². The van der Waals surface area contributed by atoms with Crippen LogP contribution in [0.25, 0.3) is 0 Å². The molecule has 8 nitrogen and oxygen atoms in total. The number of hydrogen-bond donors (Lipinski definition) is 2. The van der Waals surface area contributed by atoms with Gasteiger partial charge in [-0.2, -0.15) is 5.10 Å². The Morgan fingerprint density at radius 1 is 1.39 bits per heavy atom. The highest BCUT2D eigenvalue weighted by Gasteiger charge is 2.51. The summed E-state index contributed by atoms with van der Waals surface area (Å²) in [5, 5.41) is 19.1. The molecule has 2 amide bonds. The van der Waals surface area contributed by atoms with Crippen LogP contribution in [0.5, 0.6) is 11.5 Å². The van der Waals surface area contributed by atoms with E-state index < -0.39 is 0 Å². The number of nitrogens with zero attached hydrogens (tertiary/aromatic N) is 4. The van der Waals surface area contributed by atoms with Crippen LogP contribution in [-0.4, -0.2) is 70.8 Å². The molecular weight excluding hydrogens is 318 g/mol. The van der Waals surface area contributed by atoms with Crippen LogP contribution in [-0.2, 0) is 0 Å². The molecule has 2 fully saturated rings. The van der Waals surface area contributed by atoms with Gasteiger partial charge in [0.15, 0.2) is 22.8 Å². The number of hydrogen-bond acceptors (Lipinski definition) is 5. The topological polar surface area (TPSA) is 80.6 Å². The first-order chi connectivity index (χ1) is 10.9. The van der Waals surface area contributed by atoms with Gasteiger partial charge in [0.2, 0.25) is 0 Å². The van der Waals surface area contributed by atoms with Crippen LogP contribution < -0.4 is 10.1 Å². The van der Waals surface area contributed by atoms with Crippen LogP contribution in [0.15, 0.2) is 23.3 Å². The summed E-state index contributed by atoms with van der Waals surface area (Å²) in [7, 11) is 4.91. The van der Waals surface area contributed by atoms with Crippen LogP contribution in [0.3, 0.4) is 0 Å². The van der Waals surface area contributed by atoms with E-state index >= 15 is 0 Å². The average molecular weight is 335 g/mol. The molecule has 1 aromatic carbocycles. The Morgan fingerprint density at radius 3 is 2.83 bits per heavy atom. The zero-order valence-electron chi connectivity index (χ0n) is 12.9. The molecule has 0 saturated carbocycles. The van der Waals surface area contributed by atoms with Crippen molar-refractivity contribution < 1.29 is 14.6 Å². The molecule has 0 aromatic heterocycles. The van der Waals surface area contributed by atoms with E-state index in [1.165, 1.54) is 13.2 Å². The normalized spacial score (nSPS) is 23.7. The Bertz CT molecular complexity index is 695. The zero-order chi connectivity index (χ0) is 16.7. The quantitative estimate of drug-likeness (QED) is 0.621. The minimum Gasteiger partial charge on any atom is -0.504 e. The van der Waals surface area contributed by atoms with Gasteiger partial charge in [0.25, 0.3) is 0 Å². The molecule has 23 heavy (non-hydrogen) atoms. The van der Waals surface area contributed by atoms with Crippen LogP contribution >= 0.6 is 12.2 Å². The van der Waals surface area contributed by atoms with Gasteiger partial charge in [-0.05, 0) is 36.0 Å². The number of urea groups is 1. The SMILES string of the molecule is COc1cc(/C=N/N2C(=S)NC3C2N(C)C(=O)N3C)ccc1O. The van der Waals surface area contributed by atoms with Gasteiger partial charge in [0.1, 0.15) is 6.17 Å². The molecule has 2 unspecified atom stereocenters. The highest BCUT2D eigenvalue weighted by Crippen LogP contribution is 2.28. The lowest BCUT2D eigenvalue weighted by Crippen LogP contribution is -2.41. The molecule has 0 aliphatic carbocycles. The van der Waals surface area contributed by atoms with Crippen molar-refractivity contribution in [1.82, 2.24) is 20.1 Å². The monoisotopic (exact) mass is 335 g/mol. The van der Waals surface area contributed by atoms with Gasteiger partial charge in [0.05, 0.1) is 13.3 Å². The lowest BCUT2D eigenvalue weighted by atomic mass is 10.2. The van der Waals surface area contributed by atoms with Crippen LogP contribution in [0, 0.1) is 0 Å². The molecule has 1 aromatic rings. The lowest BCUT2D eigenvalue weighted by molar-refractivity contribution is 0.174. The fourth-order valence-corrected chi connectivity index (χ4v) is 2.97. The number of aromatic hydroxyl groups is 1. The summed E-state index contributed by atoms with van der Waals surface area (Å²) >= 11 is 5.30. The number of methoxy groups -OCH3 is 1. The summed E-state index contributed by atoms with van der Waals surface area (Å²) in [4.78, 5) is 15.2. The Balaban J connectivity index is 1.84. The summed E-state index contributed by atoms with van der Waals surface area (Å²) in [6.07, 6.45) is 1.08. The highest BCUT2D eigenvalue weighted by molar-refractivity contribution is 7.80. The van der Waals surface area contributed by atoms with Gasteiger partial charge in [-0.1, -0.05) is 0 Å². The number of benzene rings is 1. The standard InChI is InChI=1S/C14H17N5O3S/c1-17-11-12(18(2)14(17)21)19(13(23)16-11)15-7-8-4-5-9(20)10(6-8)22-3/h4-7,11-12,20H,1-3H3,(H,16,23)/b15-7+. The van der Waals surface area contributed by atoms with Gasteiger partial charge in [0, 0.05) is 14.1 Å². The minimum absolute atomic E-state index is 0.0609. The van der Waals surface area contributed by atoms with E-state index in [9.17, 15) is 9.90 Å². The number of ether oxygens (including phenoxy) is 1. The van der Waals surface area contributed by atoms with Crippen LogP contribution in [0.2, 0.25) is 0 Å². The van der Waals surface area contributed by atoms with Crippen molar-refractivity contribution in [2.75, 3.05) is 21.2 Å². The first-order valence-electron chi connectivity index (χ1n) is 6.94. The van der Waals surface area contributed by atoms with E-state index in [1.807, 2.05) is 0 Å². The maximum atomic E-state index is 12.0. The first-order valence-corrected chi connectivity index (χ1v) is 7.35. The largest absolute Gasteiger partial charge is 0.504 e. The number of rotatable bonds is 3. The Hall–Kier alpha value is -2.55. The number of amides is 2. The van der Waals surface area contributed by atoms with Crippen molar-refractivity contribution in [1.29, 1.82) is 0 Å². The molecule has 0 spiro atoms. The van der Waals surface area contributed by atoms with E-state index in [0.29, 0.717) is 10.9 Å². The molecule has 2 N–H and O–H groups in total. The second-order valence-electron chi connectivity index (χ2n) is 5.33. The van der Waals surface area contributed by atoms with E-state index in [2.05, 4.69) is 10.4 Å². The Kier molecular flexibility index (Phi) is 3.72. The van der Waals surface area contributed by atoms with Crippen molar-refractivity contribution in [2.24, 2.45) is 5.10 Å². The van der Waals surface area contributed by atoms with Gasteiger partial charge in [-0.3, -0.25) is 0 Å². The zero-order valence-corrected chi connectivity index (χ0v) is 13.7. The van der Waals surface area contributed by atoms with Gasteiger partial charge in [-0.25, -0.2) is 9.80 Å². The van der Waals surface area contributed by atoms with E-state index in [-0.39, 0.29) is 24.1 Å². The molecule has 2 aliphatic rings. The van der Waals surface area contributed by atoms with Crippen molar-refractivity contribution in [2.45, 2.75) is 12.3 Å². The number of likely N-dealkylation sites (N-methyl/N-ethyl adjacent to an activating group) is 2. The number of phenolic OH excluding ortho intramolecular Hbond substituents is 1. The molecular formula is C14H17N5O3S. The average Bonchev–Trinajstić information content (AvgIpc) is 2.97. The third kappa shape index (κ3) is 2.42. The second-order valence-corrected chi connectivity index (χ2v) is 5.72. The fourth-order valence-electron chi connectivity index (χ4n) is 2.70. The van der Waals surface area contributed by atoms with E-state index in [1.54, 1.807) is 47.3 Å². The predicted octanol–water partition coefficient (Wildman–Crippen LogP) is 0.574. The molecule has 2 atom stereocenters. The summed E-state index contributed by atoms with van der Waals surface area (Å²) in [5.74, 6) is 0.424. The number of hydrazone groups is 1. The Labute approximate surface area is 138 Å². The van der Waals surface area contributed by atoms with Gasteiger partial charge >= 0.3 is 6.03 Å². The predicted molar refractivity (Wildman–Crippen MR) is 88.3 cm³/mol. The molecule has 0 bridgehead atoms. The fraction of sp³-hybridized carbons (Fsp3) is 0.357. The maximum Gasteiger partial charge on any atom is 0.323 e. The number of carbonyl (C=O) groups is 1. The molecule has 9 heteroatoms. The summed E-state index contributed by atoms with van der Waals surface area (Å²) in [5.41, 5.74) is 0.742. The molecule has 3 rings (SSSR count). The summed E-state index contributed by atoms with van der Waals surface area (Å²) in [6.45, 7) is 0. The third-order valence-electron chi connectivity index (χ3n) is 3.96. The number of thiocarbonyl (C=S) groups is 1.